The summed E-state index contributed by atoms with van der Waals surface area (Å²) in [6.07, 6.45) is 3.06. The van der Waals surface area contributed by atoms with Crippen molar-refractivity contribution in [3.63, 3.8) is 0 Å². The Morgan fingerprint density at radius 2 is 1.63 bits per heavy atom. The van der Waals surface area contributed by atoms with Gasteiger partial charge in [-0.15, -0.1) is 0 Å². The molecule has 1 heterocycles. The zero-order valence-electron chi connectivity index (χ0n) is 12.5. The predicted octanol–water partition coefficient (Wildman–Crippen LogP) is 3.12. The molecule has 1 aliphatic heterocycles. The Morgan fingerprint density at radius 3 is 2.16 bits per heavy atom. The van der Waals surface area contributed by atoms with Crippen LogP contribution in [-0.2, 0) is 16.3 Å². The summed E-state index contributed by atoms with van der Waals surface area (Å²) in [5.74, 6) is 0.888. The Labute approximate surface area is 115 Å². The first kappa shape index (κ1) is 14.4. The molecule has 4 heteroatoms. The van der Waals surface area contributed by atoms with Crippen LogP contribution in [0.1, 0.15) is 42.5 Å². The number of rotatable bonds is 1. The molecule has 19 heavy (non-hydrogen) atoms. The molecule has 0 radical (unpaired) electrons. The molecule has 1 aliphatic rings. The SMILES string of the molecule is Cc1c(C)c(S(C)(=O)=O)c(C)c2c1OC(C)(C)CC2. The van der Waals surface area contributed by atoms with E-state index in [1.54, 1.807) is 0 Å². The molecule has 1 aromatic rings. The van der Waals surface area contributed by atoms with Crippen molar-refractivity contribution in [3.8, 4) is 5.75 Å². The number of benzene rings is 1. The summed E-state index contributed by atoms with van der Waals surface area (Å²) >= 11 is 0. The highest BCUT2D eigenvalue weighted by atomic mass is 32.2. The number of ether oxygens (including phenoxy) is 1. The molecule has 0 aromatic heterocycles. The molecule has 0 N–H and O–H groups in total. The van der Waals surface area contributed by atoms with Crippen LogP contribution in [-0.4, -0.2) is 20.3 Å². The Morgan fingerprint density at radius 1 is 1.05 bits per heavy atom. The standard InChI is InChI=1S/C15H22O3S/c1-9-10(2)14(19(6,16)17)11(3)12-7-8-15(4,5)18-13(9)12/h7-8H2,1-6H3. The third-order valence-electron chi connectivity index (χ3n) is 4.04. The normalized spacial score (nSPS) is 17.8. The summed E-state index contributed by atoms with van der Waals surface area (Å²) in [7, 11) is -3.20. The van der Waals surface area contributed by atoms with Crippen molar-refractivity contribution in [2.75, 3.05) is 6.26 Å². The number of hydrogen-bond donors (Lipinski definition) is 0. The fourth-order valence-corrected chi connectivity index (χ4v) is 4.29. The Kier molecular flexibility index (Phi) is 3.21. The highest BCUT2D eigenvalue weighted by Gasteiger charge is 2.32. The lowest BCUT2D eigenvalue weighted by atomic mass is 9.88. The van der Waals surface area contributed by atoms with Crippen molar-refractivity contribution in [1.29, 1.82) is 0 Å². The van der Waals surface area contributed by atoms with Crippen LogP contribution >= 0.6 is 0 Å². The van der Waals surface area contributed by atoms with Crippen LogP contribution in [0.2, 0.25) is 0 Å². The fraction of sp³-hybridized carbons (Fsp3) is 0.600. The number of hydrogen-bond acceptors (Lipinski definition) is 3. The van der Waals surface area contributed by atoms with Crippen LogP contribution in [0.15, 0.2) is 4.90 Å². The zero-order chi connectivity index (χ0) is 14.6. The molecule has 0 fully saturated rings. The summed E-state index contributed by atoms with van der Waals surface area (Å²) in [4.78, 5) is 0.479. The van der Waals surface area contributed by atoms with Gasteiger partial charge in [-0.05, 0) is 69.7 Å². The largest absolute Gasteiger partial charge is 0.487 e. The molecule has 0 bridgehead atoms. The van der Waals surface area contributed by atoms with Crippen LogP contribution < -0.4 is 4.74 Å². The average Bonchev–Trinajstić information content (AvgIpc) is 2.23. The average molecular weight is 282 g/mol. The van der Waals surface area contributed by atoms with Gasteiger partial charge in [0.25, 0.3) is 0 Å². The van der Waals surface area contributed by atoms with Crippen molar-refractivity contribution in [2.45, 2.75) is 58.0 Å². The van der Waals surface area contributed by atoms with E-state index in [-0.39, 0.29) is 5.60 Å². The molecular formula is C15H22O3S. The van der Waals surface area contributed by atoms with Gasteiger partial charge < -0.3 is 4.74 Å². The second kappa shape index (κ2) is 4.23. The lowest BCUT2D eigenvalue weighted by Crippen LogP contribution is -2.33. The number of sulfone groups is 1. The van der Waals surface area contributed by atoms with Crippen LogP contribution in [0, 0.1) is 20.8 Å². The Hall–Kier alpha value is -1.03. The highest BCUT2D eigenvalue weighted by Crippen LogP contribution is 2.41. The summed E-state index contributed by atoms with van der Waals surface area (Å²) in [6.45, 7) is 9.85. The van der Waals surface area contributed by atoms with Crippen molar-refractivity contribution < 1.29 is 13.2 Å². The second-order valence-electron chi connectivity index (χ2n) is 6.15. The lowest BCUT2D eigenvalue weighted by molar-refractivity contribution is 0.0832. The quantitative estimate of drug-likeness (QED) is 0.795. The van der Waals surface area contributed by atoms with Gasteiger partial charge in [-0.25, -0.2) is 8.42 Å². The first-order valence-electron chi connectivity index (χ1n) is 6.56. The van der Waals surface area contributed by atoms with Crippen LogP contribution in [0.5, 0.6) is 5.75 Å². The predicted molar refractivity (Wildman–Crippen MR) is 76.8 cm³/mol. The van der Waals surface area contributed by atoms with Crippen LogP contribution in [0.3, 0.4) is 0 Å². The Balaban J connectivity index is 2.78. The van der Waals surface area contributed by atoms with Crippen molar-refractivity contribution in [3.05, 3.63) is 22.3 Å². The fourth-order valence-electron chi connectivity index (χ4n) is 2.90. The molecule has 0 amide bonds. The summed E-state index contributed by atoms with van der Waals surface area (Å²) in [5, 5.41) is 0. The molecule has 0 saturated carbocycles. The van der Waals surface area contributed by atoms with Gasteiger partial charge in [-0.2, -0.15) is 0 Å². The number of fused-ring (bicyclic) bond motifs is 1. The van der Waals surface area contributed by atoms with E-state index in [4.69, 9.17) is 4.74 Å². The smallest absolute Gasteiger partial charge is 0.176 e. The van der Waals surface area contributed by atoms with Crippen molar-refractivity contribution >= 4 is 9.84 Å². The first-order valence-corrected chi connectivity index (χ1v) is 8.45. The second-order valence-corrected chi connectivity index (χ2v) is 8.10. The van der Waals surface area contributed by atoms with E-state index < -0.39 is 9.84 Å². The first-order chi connectivity index (χ1) is 8.54. The van der Waals surface area contributed by atoms with Crippen LogP contribution in [0.25, 0.3) is 0 Å². The molecule has 0 spiro atoms. The van der Waals surface area contributed by atoms with Crippen LogP contribution in [0.4, 0.5) is 0 Å². The van der Waals surface area contributed by atoms with Gasteiger partial charge in [0.2, 0.25) is 0 Å². The van der Waals surface area contributed by atoms with Gasteiger partial charge in [0.15, 0.2) is 9.84 Å². The van der Waals surface area contributed by atoms with Gasteiger partial charge in [0, 0.05) is 6.26 Å². The molecule has 0 atom stereocenters. The van der Waals surface area contributed by atoms with Gasteiger partial charge in [-0.3, -0.25) is 0 Å². The molecular weight excluding hydrogens is 260 g/mol. The minimum atomic E-state index is -3.20. The molecule has 0 aliphatic carbocycles. The summed E-state index contributed by atoms with van der Waals surface area (Å²) in [6, 6.07) is 0. The molecule has 2 rings (SSSR count). The van der Waals surface area contributed by atoms with Gasteiger partial charge in [0.1, 0.15) is 11.4 Å². The maximum Gasteiger partial charge on any atom is 0.176 e. The lowest BCUT2D eigenvalue weighted by Gasteiger charge is -2.35. The minimum Gasteiger partial charge on any atom is -0.487 e. The molecule has 3 nitrogen and oxygen atoms in total. The maximum atomic E-state index is 12.0. The van der Waals surface area contributed by atoms with Gasteiger partial charge in [0.05, 0.1) is 4.90 Å². The summed E-state index contributed by atoms with van der Waals surface area (Å²) in [5.41, 5.74) is 3.51. The topological polar surface area (TPSA) is 43.4 Å². The highest BCUT2D eigenvalue weighted by molar-refractivity contribution is 7.90. The zero-order valence-corrected chi connectivity index (χ0v) is 13.4. The molecule has 106 valence electrons. The third kappa shape index (κ3) is 2.38. The van der Waals surface area contributed by atoms with Gasteiger partial charge >= 0.3 is 0 Å². The van der Waals surface area contributed by atoms with E-state index in [1.165, 1.54) is 6.26 Å². The monoisotopic (exact) mass is 282 g/mol. The molecule has 0 saturated heterocycles. The molecule has 1 aromatic carbocycles. The Bertz CT molecular complexity index is 640. The van der Waals surface area contributed by atoms with E-state index in [0.717, 1.165) is 40.8 Å². The van der Waals surface area contributed by atoms with E-state index >= 15 is 0 Å². The molecule has 0 unspecified atom stereocenters. The van der Waals surface area contributed by atoms with E-state index in [2.05, 4.69) is 13.8 Å². The van der Waals surface area contributed by atoms with Gasteiger partial charge in [-0.1, -0.05) is 0 Å². The van der Waals surface area contributed by atoms with E-state index in [1.807, 2.05) is 20.8 Å². The minimum absolute atomic E-state index is 0.177. The van der Waals surface area contributed by atoms with E-state index in [0.29, 0.717) is 4.90 Å². The maximum absolute atomic E-state index is 12.0. The third-order valence-corrected chi connectivity index (χ3v) is 5.39. The van der Waals surface area contributed by atoms with E-state index in [9.17, 15) is 8.42 Å². The van der Waals surface area contributed by atoms with Crippen molar-refractivity contribution in [2.24, 2.45) is 0 Å². The summed E-state index contributed by atoms with van der Waals surface area (Å²) < 4.78 is 30.1. The van der Waals surface area contributed by atoms with Crippen molar-refractivity contribution in [1.82, 2.24) is 0 Å².